The number of ether oxygens (including phenoxy) is 1. The second kappa shape index (κ2) is 10.5. The van der Waals surface area contributed by atoms with Crippen LogP contribution in [0.3, 0.4) is 0 Å². The first-order valence-electron chi connectivity index (χ1n) is 13.5. The van der Waals surface area contributed by atoms with Gasteiger partial charge in [-0.05, 0) is 43.0 Å². The first kappa shape index (κ1) is 24.4. The molecule has 196 valence electrons. The number of carbonyl (C=O) groups is 1. The molecule has 8 nitrogen and oxygen atoms in total. The molecule has 8 heteroatoms. The maximum atomic E-state index is 12.4. The molecule has 0 bridgehead atoms. The minimum Gasteiger partial charge on any atom is -0.378 e. The van der Waals surface area contributed by atoms with E-state index >= 15 is 0 Å². The summed E-state index contributed by atoms with van der Waals surface area (Å²) in [6, 6.07) is 16.7. The zero-order valence-electron chi connectivity index (χ0n) is 22.0. The Kier molecular flexibility index (Phi) is 6.72. The summed E-state index contributed by atoms with van der Waals surface area (Å²) in [7, 11) is 0. The summed E-state index contributed by atoms with van der Waals surface area (Å²) in [6.07, 6.45) is 6.08. The number of carbonyl (C=O) groups excluding carboxylic acids is 1. The average Bonchev–Trinajstić information content (AvgIpc) is 3.67. The van der Waals surface area contributed by atoms with E-state index in [0.717, 1.165) is 79.7 Å². The third kappa shape index (κ3) is 5.22. The third-order valence-electron chi connectivity index (χ3n) is 7.06. The van der Waals surface area contributed by atoms with Crippen LogP contribution in [-0.4, -0.2) is 59.2 Å². The van der Waals surface area contributed by atoms with Crippen molar-refractivity contribution in [2.45, 2.75) is 32.7 Å². The van der Waals surface area contributed by atoms with Gasteiger partial charge in [-0.1, -0.05) is 38.1 Å². The lowest BCUT2D eigenvalue weighted by atomic mass is 10.1. The lowest BCUT2D eigenvalue weighted by Crippen LogP contribution is -2.36. The van der Waals surface area contributed by atoms with Crippen LogP contribution in [0.15, 0.2) is 60.9 Å². The molecule has 2 aromatic carbocycles. The summed E-state index contributed by atoms with van der Waals surface area (Å²) in [6.45, 7) is 8.50. The van der Waals surface area contributed by atoms with E-state index in [0.29, 0.717) is 17.5 Å². The van der Waals surface area contributed by atoms with Crippen LogP contribution >= 0.6 is 0 Å². The second-order valence-electron chi connectivity index (χ2n) is 10.6. The van der Waals surface area contributed by atoms with Gasteiger partial charge >= 0.3 is 0 Å². The molecule has 6 rings (SSSR count). The normalized spacial score (nSPS) is 15.7. The molecule has 0 spiro atoms. The molecule has 2 N–H and O–H groups in total. The average molecular weight is 511 g/mol. The van der Waals surface area contributed by atoms with E-state index < -0.39 is 0 Å². The Hall–Kier alpha value is -3.91. The number of hydrogen-bond donors (Lipinski definition) is 2. The second-order valence-corrected chi connectivity index (χ2v) is 10.6. The van der Waals surface area contributed by atoms with Crippen LogP contribution in [-0.2, 0) is 4.74 Å². The molecule has 0 atom stereocenters. The predicted molar refractivity (Wildman–Crippen MR) is 151 cm³/mol. The van der Waals surface area contributed by atoms with Gasteiger partial charge in [0.1, 0.15) is 0 Å². The van der Waals surface area contributed by atoms with Gasteiger partial charge in [0.2, 0.25) is 0 Å². The summed E-state index contributed by atoms with van der Waals surface area (Å²) in [4.78, 5) is 24.5. The van der Waals surface area contributed by atoms with E-state index in [1.807, 2.05) is 30.5 Å². The molecule has 3 heterocycles. The molecule has 38 heavy (non-hydrogen) atoms. The first-order valence-corrected chi connectivity index (χ1v) is 13.5. The van der Waals surface area contributed by atoms with Crippen LogP contribution in [0, 0.1) is 5.92 Å². The van der Waals surface area contributed by atoms with Crippen molar-refractivity contribution in [1.82, 2.24) is 19.7 Å². The number of nitrogens with one attached hydrogen (secondary N) is 2. The molecular weight excluding hydrogens is 476 g/mol. The zero-order chi connectivity index (χ0) is 26.1. The maximum Gasteiger partial charge on any atom is 0.251 e. The Morgan fingerprint density at radius 2 is 1.74 bits per heavy atom. The molecule has 1 saturated carbocycles. The number of morpholine rings is 1. The van der Waals surface area contributed by atoms with Crippen molar-refractivity contribution in [1.29, 1.82) is 0 Å². The molecule has 1 aliphatic carbocycles. The van der Waals surface area contributed by atoms with E-state index in [4.69, 9.17) is 14.7 Å². The molecule has 2 aliphatic rings. The highest BCUT2D eigenvalue weighted by molar-refractivity contribution is 5.95. The summed E-state index contributed by atoms with van der Waals surface area (Å²) in [5.41, 5.74) is 6.53. The van der Waals surface area contributed by atoms with Gasteiger partial charge in [-0.3, -0.25) is 9.20 Å². The summed E-state index contributed by atoms with van der Waals surface area (Å²) in [5, 5.41) is 6.56. The van der Waals surface area contributed by atoms with Crippen LogP contribution in [0.25, 0.3) is 28.2 Å². The fraction of sp³-hybridized carbons (Fsp3) is 0.367. The predicted octanol–water partition coefficient (Wildman–Crippen LogP) is 4.86. The number of rotatable bonds is 8. The van der Waals surface area contributed by atoms with Crippen molar-refractivity contribution in [2.24, 2.45) is 5.92 Å². The molecule has 1 aliphatic heterocycles. The van der Waals surface area contributed by atoms with Gasteiger partial charge in [0.05, 0.1) is 30.8 Å². The first-order chi connectivity index (χ1) is 18.5. The van der Waals surface area contributed by atoms with Crippen molar-refractivity contribution < 1.29 is 9.53 Å². The van der Waals surface area contributed by atoms with Gasteiger partial charge in [0.25, 0.3) is 5.91 Å². The van der Waals surface area contributed by atoms with E-state index in [1.165, 1.54) is 5.69 Å². The highest BCUT2D eigenvalue weighted by Gasteiger charge is 2.24. The van der Waals surface area contributed by atoms with Crippen LogP contribution in [0.2, 0.25) is 0 Å². The topological polar surface area (TPSA) is 83.8 Å². The number of imidazole rings is 1. The van der Waals surface area contributed by atoms with E-state index in [-0.39, 0.29) is 5.91 Å². The molecular formula is C30H34N6O2. The standard InChI is InChI=1S/C30H34N6O2/c1-20(2)17-31-28-29-32-18-27(22-3-5-23(6-4-22)30(37)33-24-9-10-24)36(29)19-26(34-28)21-7-11-25(12-8-21)35-13-15-38-16-14-35/h3-8,11-12,18-20,24H,9-10,13-17H2,1-2H3,(H,31,34)(H,33,37). The Morgan fingerprint density at radius 1 is 1.03 bits per heavy atom. The Labute approximate surface area is 223 Å². The fourth-order valence-corrected chi connectivity index (χ4v) is 4.71. The number of aromatic nitrogens is 3. The smallest absolute Gasteiger partial charge is 0.251 e. The number of nitrogens with zero attached hydrogens (tertiary/aromatic N) is 4. The highest BCUT2D eigenvalue weighted by Crippen LogP contribution is 2.29. The lowest BCUT2D eigenvalue weighted by Gasteiger charge is -2.28. The Balaban J connectivity index is 1.34. The largest absolute Gasteiger partial charge is 0.378 e. The van der Waals surface area contributed by atoms with Crippen molar-refractivity contribution in [3.8, 4) is 22.5 Å². The molecule has 2 fully saturated rings. The SMILES string of the molecule is CC(C)CNc1nc(-c2ccc(N3CCOCC3)cc2)cn2c(-c3ccc(C(=O)NC4CC4)cc3)cnc12. The van der Waals surface area contributed by atoms with Crippen molar-refractivity contribution >= 4 is 23.1 Å². The fourth-order valence-electron chi connectivity index (χ4n) is 4.71. The number of amides is 1. The van der Waals surface area contributed by atoms with E-state index in [1.54, 1.807) is 0 Å². The summed E-state index contributed by atoms with van der Waals surface area (Å²) >= 11 is 0. The quantitative estimate of drug-likeness (QED) is 0.352. The van der Waals surface area contributed by atoms with Crippen molar-refractivity contribution in [2.75, 3.05) is 43.1 Å². The van der Waals surface area contributed by atoms with E-state index in [2.05, 4.69) is 64.2 Å². The Bertz CT molecular complexity index is 1420. The van der Waals surface area contributed by atoms with Gasteiger partial charge < -0.3 is 20.3 Å². The van der Waals surface area contributed by atoms with Crippen LogP contribution in [0.5, 0.6) is 0 Å². The van der Waals surface area contributed by atoms with Gasteiger partial charge in [-0.15, -0.1) is 0 Å². The lowest BCUT2D eigenvalue weighted by molar-refractivity contribution is 0.0951. The number of hydrogen-bond acceptors (Lipinski definition) is 6. The zero-order valence-corrected chi connectivity index (χ0v) is 22.0. The van der Waals surface area contributed by atoms with Gasteiger partial charge in [0.15, 0.2) is 11.5 Å². The maximum absolute atomic E-state index is 12.4. The number of anilines is 2. The minimum atomic E-state index is -0.00984. The highest BCUT2D eigenvalue weighted by atomic mass is 16.5. The molecule has 0 unspecified atom stereocenters. The van der Waals surface area contributed by atoms with Crippen LogP contribution < -0.4 is 15.5 Å². The number of benzene rings is 2. The molecule has 4 aromatic rings. The monoisotopic (exact) mass is 510 g/mol. The summed E-state index contributed by atoms with van der Waals surface area (Å²) < 4.78 is 7.59. The van der Waals surface area contributed by atoms with Gasteiger partial charge in [-0.25, -0.2) is 9.97 Å². The molecule has 2 aromatic heterocycles. The Morgan fingerprint density at radius 3 is 2.42 bits per heavy atom. The van der Waals surface area contributed by atoms with Crippen molar-refractivity contribution in [3.05, 3.63) is 66.5 Å². The minimum absolute atomic E-state index is 0.00984. The molecule has 0 radical (unpaired) electrons. The van der Waals surface area contributed by atoms with Crippen LogP contribution in [0.4, 0.5) is 11.5 Å². The molecule has 1 saturated heterocycles. The third-order valence-corrected chi connectivity index (χ3v) is 7.06. The molecule has 1 amide bonds. The van der Waals surface area contributed by atoms with E-state index in [9.17, 15) is 4.79 Å². The number of fused-ring (bicyclic) bond motifs is 1. The van der Waals surface area contributed by atoms with Gasteiger partial charge in [-0.2, -0.15) is 0 Å². The summed E-state index contributed by atoms with van der Waals surface area (Å²) in [5.74, 6) is 1.22. The van der Waals surface area contributed by atoms with Crippen LogP contribution in [0.1, 0.15) is 37.0 Å². The van der Waals surface area contributed by atoms with Crippen molar-refractivity contribution in [3.63, 3.8) is 0 Å². The van der Waals surface area contributed by atoms with Gasteiger partial charge in [0, 0.05) is 54.3 Å².